The summed E-state index contributed by atoms with van der Waals surface area (Å²) in [6, 6.07) is 0. The summed E-state index contributed by atoms with van der Waals surface area (Å²) in [4.78, 5) is 21.5. The number of carboxylic acid groups (broad SMARTS) is 1. The molecule has 0 aliphatic rings. The molecular formula is C33H68O7. The van der Waals surface area contributed by atoms with Gasteiger partial charge >= 0.3 is 11.9 Å². The lowest BCUT2D eigenvalue weighted by molar-refractivity contribution is -0.144. The summed E-state index contributed by atoms with van der Waals surface area (Å²) in [6.07, 6.45) is 23.6. The van der Waals surface area contributed by atoms with Gasteiger partial charge in [-0.2, -0.15) is 0 Å². The van der Waals surface area contributed by atoms with E-state index in [1.807, 2.05) is 0 Å². The lowest BCUT2D eigenvalue weighted by Gasteiger charge is -2.10. The zero-order valence-electron chi connectivity index (χ0n) is 27.1. The van der Waals surface area contributed by atoms with Crippen LogP contribution in [0, 0.1) is 0 Å². The van der Waals surface area contributed by atoms with E-state index in [4.69, 9.17) is 24.8 Å². The number of aliphatic hydroxyl groups excluding tert-OH is 2. The Hall–Kier alpha value is -1.18. The molecule has 0 spiro atoms. The van der Waals surface area contributed by atoms with E-state index in [1.54, 1.807) is 13.8 Å². The number of unbranched alkanes of at least 4 members (excludes halogenated alkanes) is 16. The van der Waals surface area contributed by atoms with Crippen LogP contribution in [0.5, 0.6) is 0 Å². The first-order valence-corrected chi connectivity index (χ1v) is 16.5. The maximum atomic E-state index is 11.5. The monoisotopic (exact) mass is 576 g/mol. The highest BCUT2D eigenvalue weighted by atomic mass is 16.5. The van der Waals surface area contributed by atoms with Crippen LogP contribution in [0.2, 0.25) is 0 Å². The molecule has 0 saturated heterocycles. The van der Waals surface area contributed by atoms with Crippen molar-refractivity contribution in [2.45, 2.75) is 182 Å². The van der Waals surface area contributed by atoms with Gasteiger partial charge in [0.2, 0.25) is 0 Å². The van der Waals surface area contributed by atoms with Gasteiger partial charge in [-0.25, -0.2) is 0 Å². The molecule has 0 aliphatic carbocycles. The van der Waals surface area contributed by atoms with Gasteiger partial charge in [-0.15, -0.1) is 0 Å². The van der Waals surface area contributed by atoms with Crippen molar-refractivity contribution in [2.75, 3.05) is 19.8 Å². The average molecular weight is 577 g/mol. The number of rotatable bonds is 26. The lowest BCUT2D eigenvalue weighted by Crippen LogP contribution is -2.19. The van der Waals surface area contributed by atoms with Crippen LogP contribution in [0.1, 0.15) is 169 Å². The molecule has 0 aliphatic heterocycles. The molecule has 40 heavy (non-hydrogen) atoms. The Labute approximate surface area is 247 Å². The maximum Gasteiger partial charge on any atom is 0.305 e. The van der Waals surface area contributed by atoms with Gasteiger partial charge in [0.15, 0.2) is 0 Å². The summed E-state index contributed by atoms with van der Waals surface area (Å²) < 4.78 is 10.2. The Morgan fingerprint density at radius 2 is 1.02 bits per heavy atom. The van der Waals surface area contributed by atoms with Crippen LogP contribution >= 0.6 is 0 Å². The number of aliphatic hydroxyl groups is 2. The normalized spacial score (nSPS) is 12.0. The number of carbonyl (C=O) groups excluding carboxylic acids is 1. The molecule has 7 nitrogen and oxygen atoms in total. The van der Waals surface area contributed by atoms with Crippen LogP contribution < -0.4 is 0 Å². The summed E-state index contributed by atoms with van der Waals surface area (Å²) >= 11 is 0. The molecule has 242 valence electrons. The third-order valence-electron chi connectivity index (χ3n) is 6.37. The second-order valence-electron chi connectivity index (χ2n) is 10.9. The maximum absolute atomic E-state index is 11.5. The van der Waals surface area contributed by atoms with Crippen LogP contribution in [-0.4, -0.2) is 59.3 Å². The first kappa shape index (κ1) is 43.3. The van der Waals surface area contributed by atoms with Crippen molar-refractivity contribution >= 4 is 11.9 Å². The molecule has 0 fully saturated rings. The molecule has 0 aromatic carbocycles. The number of esters is 1. The minimum absolute atomic E-state index is 0.00412. The summed E-state index contributed by atoms with van der Waals surface area (Å²) in [5, 5.41) is 25.4. The molecule has 0 amide bonds. The van der Waals surface area contributed by atoms with Gasteiger partial charge in [0.25, 0.3) is 0 Å². The lowest BCUT2D eigenvalue weighted by atomic mass is 10.1. The van der Waals surface area contributed by atoms with Gasteiger partial charge in [-0.3, -0.25) is 9.59 Å². The quantitative estimate of drug-likeness (QED) is 0.0697. The number of carbonyl (C=O) groups is 2. The van der Waals surface area contributed by atoms with Crippen molar-refractivity contribution in [3.63, 3.8) is 0 Å². The van der Waals surface area contributed by atoms with Crippen molar-refractivity contribution < 1.29 is 34.4 Å². The van der Waals surface area contributed by atoms with E-state index in [0.29, 0.717) is 26.1 Å². The highest BCUT2D eigenvalue weighted by Crippen LogP contribution is 2.11. The van der Waals surface area contributed by atoms with Gasteiger partial charge in [0.1, 0.15) is 0 Å². The van der Waals surface area contributed by atoms with E-state index < -0.39 is 12.1 Å². The topological polar surface area (TPSA) is 113 Å². The smallest absolute Gasteiger partial charge is 0.305 e. The standard InChI is InChI=1S/C18H36O2.C9H18O2.C6H14O3/c1-3-5-7-9-10-11-12-13-14-16-18(19)20-17-15-8-6-4-2;1-2-3-4-5-6-7-8-9(10)11;1-5(8)4-9-6(2)3-7/h3-17H2,1-2H3;2-8H2,1H3,(H,10,11);5-8H,3-4H2,1-2H3. The Balaban J connectivity index is -0.000000575. The van der Waals surface area contributed by atoms with Crippen molar-refractivity contribution in [3.05, 3.63) is 0 Å². The molecule has 0 saturated carbocycles. The minimum atomic E-state index is -0.666. The Bertz CT molecular complexity index is 497. The van der Waals surface area contributed by atoms with Crippen LogP contribution in [-0.2, 0) is 19.1 Å². The molecule has 0 aromatic rings. The van der Waals surface area contributed by atoms with Crippen molar-refractivity contribution in [1.29, 1.82) is 0 Å². The van der Waals surface area contributed by atoms with Crippen molar-refractivity contribution in [1.82, 2.24) is 0 Å². The SMILES string of the molecule is CC(O)COC(C)CO.CCCCCCCCC(=O)O.CCCCCCCCCCCC(=O)OCCCCCC. The molecular weight excluding hydrogens is 508 g/mol. The van der Waals surface area contributed by atoms with Gasteiger partial charge in [0.05, 0.1) is 32.0 Å². The summed E-state index contributed by atoms with van der Waals surface area (Å²) in [6.45, 7) is 10.9. The minimum Gasteiger partial charge on any atom is -0.481 e. The average Bonchev–Trinajstić information content (AvgIpc) is 2.93. The number of hydrogen-bond acceptors (Lipinski definition) is 6. The third-order valence-corrected chi connectivity index (χ3v) is 6.37. The zero-order chi connectivity index (χ0) is 30.7. The summed E-state index contributed by atoms with van der Waals surface area (Å²) in [5.74, 6) is -0.662. The first-order valence-electron chi connectivity index (χ1n) is 16.5. The molecule has 0 bridgehead atoms. The van der Waals surface area contributed by atoms with Crippen LogP contribution in [0.15, 0.2) is 0 Å². The fourth-order valence-electron chi connectivity index (χ4n) is 3.78. The molecule has 7 heteroatoms. The molecule has 0 heterocycles. The Morgan fingerprint density at radius 3 is 1.43 bits per heavy atom. The number of aliphatic carboxylic acids is 1. The second kappa shape index (κ2) is 37.8. The summed E-state index contributed by atoms with van der Waals surface area (Å²) in [5.41, 5.74) is 0. The van der Waals surface area contributed by atoms with Crippen molar-refractivity contribution in [3.8, 4) is 0 Å². The highest BCUT2D eigenvalue weighted by Gasteiger charge is 2.02. The molecule has 2 unspecified atom stereocenters. The zero-order valence-corrected chi connectivity index (χ0v) is 27.1. The highest BCUT2D eigenvalue weighted by molar-refractivity contribution is 5.69. The van der Waals surface area contributed by atoms with E-state index in [2.05, 4.69) is 20.8 Å². The third kappa shape index (κ3) is 46.7. The molecule has 2 atom stereocenters. The largest absolute Gasteiger partial charge is 0.481 e. The predicted molar refractivity (Wildman–Crippen MR) is 167 cm³/mol. The van der Waals surface area contributed by atoms with E-state index in [1.165, 1.54) is 96.3 Å². The van der Waals surface area contributed by atoms with E-state index >= 15 is 0 Å². The van der Waals surface area contributed by atoms with Crippen LogP contribution in [0.3, 0.4) is 0 Å². The number of ether oxygens (including phenoxy) is 2. The van der Waals surface area contributed by atoms with Crippen LogP contribution in [0.25, 0.3) is 0 Å². The second-order valence-corrected chi connectivity index (χ2v) is 10.9. The summed E-state index contributed by atoms with van der Waals surface area (Å²) in [7, 11) is 0. The Kier molecular flexibility index (Phi) is 40.9. The van der Waals surface area contributed by atoms with E-state index in [-0.39, 0.29) is 18.7 Å². The van der Waals surface area contributed by atoms with Crippen LogP contribution in [0.4, 0.5) is 0 Å². The van der Waals surface area contributed by atoms with E-state index in [9.17, 15) is 9.59 Å². The number of hydrogen-bond donors (Lipinski definition) is 3. The molecule has 3 N–H and O–H groups in total. The molecule has 0 rings (SSSR count). The predicted octanol–water partition coefficient (Wildman–Crippen LogP) is 8.62. The molecule has 0 radical (unpaired) electrons. The first-order chi connectivity index (χ1) is 19.2. The van der Waals surface area contributed by atoms with Gasteiger partial charge < -0.3 is 24.8 Å². The van der Waals surface area contributed by atoms with Gasteiger partial charge in [0, 0.05) is 12.8 Å². The fourth-order valence-corrected chi connectivity index (χ4v) is 3.78. The number of carboxylic acids is 1. The fraction of sp³-hybridized carbons (Fsp3) is 0.939. The van der Waals surface area contributed by atoms with Gasteiger partial charge in [-0.05, 0) is 33.1 Å². The van der Waals surface area contributed by atoms with Crippen molar-refractivity contribution in [2.24, 2.45) is 0 Å². The van der Waals surface area contributed by atoms with E-state index in [0.717, 1.165) is 25.7 Å². The van der Waals surface area contributed by atoms with Gasteiger partial charge in [-0.1, -0.05) is 124 Å². The molecule has 0 aromatic heterocycles. The Morgan fingerprint density at radius 1 is 0.625 bits per heavy atom.